The monoisotopic (exact) mass is 495 g/mol. The normalized spacial score (nSPS) is 11.5. The van der Waals surface area contributed by atoms with Gasteiger partial charge in [-0.25, -0.2) is 8.42 Å². The number of hydrogen-bond acceptors (Lipinski definition) is 5. The summed E-state index contributed by atoms with van der Waals surface area (Å²) in [6.07, 6.45) is 0. The molecule has 1 N–H and O–H groups in total. The molecule has 4 aromatic rings. The summed E-state index contributed by atoms with van der Waals surface area (Å²) in [7, 11) is -2.31. The molecular weight excluding hydrogens is 470 g/mol. The van der Waals surface area contributed by atoms with Crippen LogP contribution in [0.2, 0.25) is 0 Å². The van der Waals surface area contributed by atoms with Gasteiger partial charge in [0.15, 0.2) is 0 Å². The summed E-state index contributed by atoms with van der Waals surface area (Å²) in [6.45, 7) is 5.25. The first-order valence-electron chi connectivity index (χ1n) is 10.6. The van der Waals surface area contributed by atoms with E-state index >= 15 is 0 Å². The third kappa shape index (κ3) is 4.76. The number of carbonyl (C=O) groups is 1. The van der Waals surface area contributed by atoms with Crippen LogP contribution in [0.1, 0.15) is 16.7 Å². The van der Waals surface area contributed by atoms with Crippen molar-refractivity contribution in [3.63, 3.8) is 0 Å². The van der Waals surface area contributed by atoms with Gasteiger partial charge in [0.2, 0.25) is 5.91 Å². The minimum absolute atomic E-state index is 0.0938. The van der Waals surface area contributed by atoms with Crippen LogP contribution in [-0.2, 0) is 21.9 Å². The number of sulfonamides is 1. The molecule has 0 spiro atoms. The second-order valence-corrected chi connectivity index (χ2v) is 11.2. The molecule has 0 fully saturated rings. The number of thiazole rings is 1. The largest absolute Gasteiger partial charge is 0.324 e. The third-order valence-electron chi connectivity index (χ3n) is 5.47. The summed E-state index contributed by atoms with van der Waals surface area (Å²) >= 11 is 1.09. The predicted octanol–water partition coefficient (Wildman–Crippen LogP) is 4.36. The smallest absolute Gasteiger partial charge is 0.307 e. The van der Waals surface area contributed by atoms with Gasteiger partial charge in [-0.3, -0.25) is 13.9 Å². The van der Waals surface area contributed by atoms with E-state index < -0.39 is 22.5 Å². The lowest BCUT2D eigenvalue weighted by atomic mass is 10.1. The number of aromatic nitrogens is 1. The minimum Gasteiger partial charge on any atom is -0.324 e. The van der Waals surface area contributed by atoms with Crippen molar-refractivity contribution >= 4 is 48.9 Å². The molecule has 176 valence electrons. The average molecular weight is 496 g/mol. The number of benzene rings is 3. The summed E-state index contributed by atoms with van der Waals surface area (Å²) in [6, 6.07) is 17.2. The Kier molecular flexibility index (Phi) is 6.33. The predicted molar refractivity (Wildman–Crippen MR) is 137 cm³/mol. The Hall–Kier alpha value is -3.43. The lowest BCUT2D eigenvalue weighted by Gasteiger charge is -2.25. The number of nitrogens with zero attached hydrogens (tertiary/aromatic N) is 2. The molecule has 4 rings (SSSR count). The molecule has 1 aromatic heterocycles. The van der Waals surface area contributed by atoms with Crippen LogP contribution in [0.15, 0.2) is 70.4 Å². The van der Waals surface area contributed by atoms with Crippen molar-refractivity contribution in [2.24, 2.45) is 7.05 Å². The maximum atomic E-state index is 13.6. The molecule has 0 saturated heterocycles. The first kappa shape index (κ1) is 23.7. The number of amides is 1. The van der Waals surface area contributed by atoms with E-state index in [1.54, 1.807) is 66.2 Å². The van der Waals surface area contributed by atoms with Gasteiger partial charge in [0.1, 0.15) is 6.54 Å². The van der Waals surface area contributed by atoms with Gasteiger partial charge >= 0.3 is 4.87 Å². The molecule has 1 heterocycles. The SMILES string of the molecule is Cc1ccc(S(=O)(=O)N(CC(=O)Nc2ccc3c(c2)sc(=O)n3C)c2cc(C)cc(C)c2)cc1. The molecule has 0 atom stereocenters. The highest BCUT2D eigenvalue weighted by atomic mass is 32.2. The Morgan fingerprint density at radius 3 is 2.24 bits per heavy atom. The molecule has 0 unspecified atom stereocenters. The second-order valence-electron chi connectivity index (χ2n) is 8.33. The summed E-state index contributed by atoms with van der Waals surface area (Å²) in [5.74, 6) is -0.488. The number of nitrogens with one attached hydrogen (secondary N) is 1. The molecule has 7 nitrogen and oxygen atoms in total. The molecule has 0 saturated carbocycles. The van der Waals surface area contributed by atoms with Crippen LogP contribution >= 0.6 is 11.3 Å². The molecule has 3 aromatic carbocycles. The number of fused-ring (bicyclic) bond motifs is 1. The van der Waals surface area contributed by atoms with Crippen molar-refractivity contribution < 1.29 is 13.2 Å². The van der Waals surface area contributed by atoms with E-state index in [9.17, 15) is 18.0 Å². The lowest BCUT2D eigenvalue weighted by molar-refractivity contribution is -0.114. The van der Waals surface area contributed by atoms with Gasteiger partial charge in [0, 0.05) is 12.7 Å². The molecular formula is C25H25N3O4S2. The zero-order valence-electron chi connectivity index (χ0n) is 19.3. The van der Waals surface area contributed by atoms with Gasteiger partial charge in [-0.05, 0) is 74.4 Å². The molecule has 0 bridgehead atoms. The highest BCUT2D eigenvalue weighted by molar-refractivity contribution is 7.92. The van der Waals surface area contributed by atoms with E-state index in [1.165, 1.54) is 0 Å². The summed E-state index contributed by atoms with van der Waals surface area (Å²) < 4.78 is 30.6. The van der Waals surface area contributed by atoms with Crippen molar-refractivity contribution in [2.75, 3.05) is 16.2 Å². The Morgan fingerprint density at radius 2 is 1.59 bits per heavy atom. The van der Waals surface area contributed by atoms with E-state index in [0.29, 0.717) is 11.4 Å². The van der Waals surface area contributed by atoms with Crippen molar-refractivity contribution in [2.45, 2.75) is 25.7 Å². The Morgan fingerprint density at radius 1 is 0.941 bits per heavy atom. The topological polar surface area (TPSA) is 88.5 Å². The minimum atomic E-state index is -4.00. The van der Waals surface area contributed by atoms with Crippen LogP contribution in [0.5, 0.6) is 0 Å². The Bertz CT molecular complexity index is 1530. The Labute approximate surface area is 202 Å². The van der Waals surface area contributed by atoms with E-state index in [4.69, 9.17) is 0 Å². The standard InChI is InChI=1S/C25H25N3O4S2/c1-16-5-8-21(9-6-16)34(31,32)28(20-12-17(2)11-18(3)13-20)15-24(29)26-19-7-10-22-23(14-19)33-25(30)27(22)4/h5-14H,15H2,1-4H3,(H,26,29). The number of rotatable bonds is 6. The molecule has 1 amide bonds. The number of hydrogen-bond donors (Lipinski definition) is 1. The van der Waals surface area contributed by atoms with Gasteiger partial charge in [0.05, 0.1) is 20.8 Å². The van der Waals surface area contributed by atoms with Crippen LogP contribution in [0, 0.1) is 20.8 Å². The fourth-order valence-corrected chi connectivity index (χ4v) is 6.11. The van der Waals surface area contributed by atoms with Gasteiger partial charge in [-0.1, -0.05) is 35.1 Å². The lowest BCUT2D eigenvalue weighted by Crippen LogP contribution is -2.38. The number of anilines is 2. The van der Waals surface area contributed by atoms with E-state index in [0.717, 1.165) is 42.5 Å². The van der Waals surface area contributed by atoms with Gasteiger partial charge < -0.3 is 9.88 Å². The van der Waals surface area contributed by atoms with Crippen molar-refractivity contribution in [3.8, 4) is 0 Å². The van der Waals surface area contributed by atoms with Gasteiger partial charge in [-0.15, -0.1) is 0 Å². The summed E-state index contributed by atoms with van der Waals surface area (Å²) in [5, 5.41) is 2.78. The van der Waals surface area contributed by atoms with Gasteiger partial charge in [-0.2, -0.15) is 0 Å². The summed E-state index contributed by atoms with van der Waals surface area (Å²) in [5.41, 5.74) is 4.41. The second kappa shape index (κ2) is 9.08. The van der Waals surface area contributed by atoms with Crippen molar-refractivity contribution in [3.05, 3.63) is 87.0 Å². The number of carbonyl (C=O) groups excluding carboxylic acids is 1. The maximum Gasteiger partial charge on any atom is 0.307 e. The molecule has 0 aliphatic carbocycles. The molecule has 34 heavy (non-hydrogen) atoms. The van der Waals surface area contributed by atoms with Gasteiger partial charge in [0.25, 0.3) is 10.0 Å². The van der Waals surface area contributed by atoms with Crippen LogP contribution in [-0.4, -0.2) is 25.4 Å². The quantitative estimate of drug-likeness (QED) is 0.431. The van der Waals surface area contributed by atoms with E-state index in [1.807, 2.05) is 26.8 Å². The third-order valence-corrected chi connectivity index (χ3v) is 8.25. The fourth-order valence-electron chi connectivity index (χ4n) is 3.79. The van der Waals surface area contributed by atoms with Crippen molar-refractivity contribution in [1.29, 1.82) is 0 Å². The molecule has 0 aliphatic rings. The first-order valence-corrected chi connectivity index (χ1v) is 12.9. The van der Waals surface area contributed by atoms with Crippen molar-refractivity contribution in [1.82, 2.24) is 4.57 Å². The fraction of sp³-hybridized carbons (Fsp3) is 0.200. The van der Waals surface area contributed by atoms with Crippen LogP contribution in [0.25, 0.3) is 10.2 Å². The molecule has 9 heteroatoms. The number of aryl methyl sites for hydroxylation is 4. The zero-order chi connectivity index (χ0) is 24.6. The van der Waals surface area contributed by atoms with Crippen LogP contribution in [0.4, 0.5) is 11.4 Å². The first-order chi connectivity index (χ1) is 16.0. The average Bonchev–Trinajstić information content (AvgIpc) is 3.04. The zero-order valence-corrected chi connectivity index (χ0v) is 21.0. The highest BCUT2D eigenvalue weighted by Crippen LogP contribution is 2.27. The Balaban J connectivity index is 1.68. The molecule has 0 aliphatic heterocycles. The summed E-state index contributed by atoms with van der Waals surface area (Å²) in [4.78, 5) is 25.0. The molecule has 0 radical (unpaired) electrons. The highest BCUT2D eigenvalue weighted by Gasteiger charge is 2.27. The van der Waals surface area contributed by atoms with E-state index in [2.05, 4.69) is 5.32 Å². The van der Waals surface area contributed by atoms with Crippen LogP contribution < -0.4 is 14.5 Å². The van der Waals surface area contributed by atoms with E-state index in [-0.39, 0.29) is 9.77 Å². The van der Waals surface area contributed by atoms with Crippen LogP contribution in [0.3, 0.4) is 0 Å². The maximum absolute atomic E-state index is 13.6.